The number of pyridine rings is 1. The third-order valence-electron chi connectivity index (χ3n) is 3.59. The number of rotatable bonds is 4. The maximum atomic E-state index is 6.17. The van der Waals surface area contributed by atoms with E-state index in [-0.39, 0.29) is 0 Å². The van der Waals surface area contributed by atoms with Crippen LogP contribution in [0.1, 0.15) is 32.3 Å². The number of anilines is 1. The third kappa shape index (κ3) is 3.36. The minimum atomic E-state index is 0.755. The normalized spacial score (nSPS) is 17.2. The SMILES string of the molecule is CCNCc1cc(N2CCC(C)CC2)ncc1Cl. The highest BCUT2D eigenvalue weighted by Crippen LogP contribution is 2.24. The number of halogens is 1. The number of hydrogen-bond donors (Lipinski definition) is 1. The van der Waals surface area contributed by atoms with Gasteiger partial charge in [0.05, 0.1) is 5.02 Å². The summed E-state index contributed by atoms with van der Waals surface area (Å²) >= 11 is 6.17. The van der Waals surface area contributed by atoms with E-state index in [1.807, 2.05) is 0 Å². The molecule has 0 unspecified atom stereocenters. The highest BCUT2D eigenvalue weighted by molar-refractivity contribution is 6.31. The third-order valence-corrected chi connectivity index (χ3v) is 3.93. The molecule has 0 spiro atoms. The van der Waals surface area contributed by atoms with Crippen molar-refractivity contribution in [1.82, 2.24) is 10.3 Å². The van der Waals surface area contributed by atoms with Crippen LogP contribution in [0.3, 0.4) is 0 Å². The van der Waals surface area contributed by atoms with Crippen molar-refractivity contribution >= 4 is 17.4 Å². The van der Waals surface area contributed by atoms with Gasteiger partial charge in [-0.15, -0.1) is 0 Å². The highest BCUT2D eigenvalue weighted by Gasteiger charge is 2.17. The monoisotopic (exact) mass is 267 g/mol. The average Bonchev–Trinajstić information content (AvgIpc) is 2.39. The van der Waals surface area contributed by atoms with Crippen LogP contribution in [-0.2, 0) is 6.54 Å². The number of aromatic nitrogens is 1. The lowest BCUT2D eigenvalue weighted by Crippen LogP contribution is -2.33. The van der Waals surface area contributed by atoms with Crippen molar-refractivity contribution in [2.24, 2.45) is 5.92 Å². The molecule has 2 heterocycles. The van der Waals surface area contributed by atoms with Crippen molar-refractivity contribution in [1.29, 1.82) is 0 Å². The lowest BCUT2D eigenvalue weighted by Gasteiger charge is -2.31. The molecule has 3 nitrogen and oxygen atoms in total. The van der Waals surface area contributed by atoms with E-state index in [2.05, 4.69) is 35.1 Å². The summed E-state index contributed by atoms with van der Waals surface area (Å²) in [7, 11) is 0. The van der Waals surface area contributed by atoms with Crippen LogP contribution in [-0.4, -0.2) is 24.6 Å². The fourth-order valence-corrected chi connectivity index (χ4v) is 2.44. The summed E-state index contributed by atoms with van der Waals surface area (Å²) in [5.74, 6) is 1.91. The van der Waals surface area contributed by atoms with Crippen LogP contribution in [0.25, 0.3) is 0 Å². The van der Waals surface area contributed by atoms with E-state index in [1.165, 1.54) is 12.8 Å². The van der Waals surface area contributed by atoms with Crippen molar-refractivity contribution in [3.05, 3.63) is 22.8 Å². The molecule has 1 aliphatic heterocycles. The molecule has 0 bridgehead atoms. The quantitative estimate of drug-likeness (QED) is 0.909. The molecule has 0 atom stereocenters. The number of nitrogens with zero attached hydrogens (tertiary/aromatic N) is 2. The van der Waals surface area contributed by atoms with Gasteiger partial charge in [0.2, 0.25) is 0 Å². The minimum Gasteiger partial charge on any atom is -0.357 e. The first-order valence-corrected chi connectivity index (χ1v) is 7.18. The molecule has 1 aromatic rings. The highest BCUT2D eigenvalue weighted by atomic mass is 35.5. The van der Waals surface area contributed by atoms with Crippen LogP contribution in [0.5, 0.6) is 0 Å². The number of nitrogens with one attached hydrogen (secondary N) is 1. The number of piperidine rings is 1. The predicted octanol–water partition coefficient (Wildman–Crippen LogP) is 3.08. The van der Waals surface area contributed by atoms with E-state index in [0.29, 0.717) is 0 Å². The second-order valence-electron chi connectivity index (χ2n) is 5.08. The summed E-state index contributed by atoms with van der Waals surface area (Å²) < 4.78 is 0. The van der Waals surface area contributed by atoms with E-state index < -0.39 is 0 Å². The largest absolute Gasteiger partial charge is 0.357 e. The molecule has 1 aliphatic rings. The molecule has 2 rings (SSSR count). The van der Waals surface area contributed by atoms with Crippen LogP contribution >= 0.6 is 11.6 Å². The molecule has 1 fully saturated rings. The topological polar surface area (TPSA) is 28.2 Å². The Morgan fingerprint density at radius 3 is 2.83 bits per heavy atom. The maximum absolute atomic E-state index is 6.17. The zero-order chi connectivity index (χ0) is 13.0. The van der Waals surface area contributed by atoms with Gasteiger partial charge in [-0.3, -0.25) is 0 Å². The van der Waals surface area contributed by atoms with Gasteiger partial charge < -0.3 is 10.2 Å². The van der Waals surface area contributed by atoms with Gasteiger partial charge in [0.25, 0.3) is 0 Å². The van der Waals surface area contributed by atoms with Gasteiger partial charge in [0, 0.05) is 25.8 Å². The first-order chi connectivity index (χ1) is 8.70. The smallest absolute Gasteiger partial charge is 0.128 e. The van der Waals surface area contributed by atoms with Gasteiger partial charge in [0.15, 0.2) is 0 Å². The maximum Gasteiger partial charge on any atom is 0.128 e. The van der Waals surface area contributed by atoms with Crippen LogP contribution in [0, 0.1) is 5.92 Å². The van der Waals surface area contributed by atoms with Crippen molar-refractivity contribution in [2.45, 2.75) is 33.2 Å². The zero-order valence-electron chi connectivity index (χ0n) is 11.2. The van der Waals surface area contributed by atoms with Crippen molar-refractivity contribution < 1.29 is 0 Å². The van der Waals surface area contributed by atoms with Gasteiger partial charge in [-0.1, -0.05) is 25.4 Å². The van der Waals surface area contributed by atoms with Crippen molar-refractivity contribution in [3.8, 4) is 0 Å². The molecular formula is C14H22ClN3. The molecule has 1 N–H and O–H groups in total. The summed E-state index contributed by atoms with van der Waals surface area (Å²) in [6.07, 6.45) is 4.29. The van der Waals surface area contributed by atoms with Crippen LogP contribution in [0.2, 0.25) is 5.02 Å². The Labute approximate surface area is 115 Å². The molecule has 0 radical (unpaired) electrons. The Bertz CT molecular complexity index is 387. The standard InChI is InChI=1S/C14H22ClN3/c1-3-16-9-12-8-14(17-10-13(12)15)18-6-4-11(2)5-7-18/h8,10-11,16H,3-7,9H2,1-2H3. The van der Waals surface area contributed by atoms with Crippen molar-refractivity contribution in [2.75, 3.05) is 24.5 Å². The Kier molecular flexibility index (Phi) is 4.84. The van der Waals surface area contributed by atoms with Crippen molar-refractivity contribution in [3.63, 3.8) is 0 Å². The molecule has 4 heteroatoms. The second-order valence-corrected chi connectivity index (χ2v) is 5.49. The first-order valence-electron chi connectivity index (χ1n) is 6.80. The van der Waals surface area contributed by atoms with Gasteiger partial charge in [0.1, 0.15) is 5.82 Å². The van der Waals surface area contributed by atoms with Gasteiger partial charge >= 0.3 is 0 Å². The molecule has 1 aromatic heterocycles. The van der Waals surface area contributed by atoms with E-state index >= 15 is 0 Å². The molecule has 1 saturated heterocycles. The molecule has 0 amide bonds. The van der Waals surface area contributed by atoms with Gasteiger partial charge in [-0.05, 0) is 36.9 Å². The molecule has 18 heavy (non-hydrogen) atoms. The molecule has 0 aliphatic carbocycles. The molecule has 0 saturated carbocycles. The van der Waals surface area contributed by atoms with E-state index in [0.717, 1.165) is 48.5 Å². The van der Waals surface area contributed by atoms with Gasteiger partial charge in [-0.25, -0.2) is 4.98 Å². The summed E-state index contributed by atoms with van der Waals surface area (Å²) in [6.45, 7) is 8.41. The van der Waals surface area contributed by atoms with E-state index in [4.69, 9.17) is 11.6 Å². The average molecular weight is 268 g/mol. The molecule has 0 aromatic carbocycles. The summed E-state index contributed by atoms with van der Waals surface area (Å²) in [5, 5.41) is 4.07. The summed E-state index contributed by atoms with van der Waals surface area (Å²) in [5.41, 5.74) is 1.14. The molecule has 100 valence electrons. The van der Waals surface area contributed by atoms with Crippen LogP contribution < -0.4 is 10.2 Å². The van der Waals surface area contributed by atoms with E-state index in [9.17, 15) is 0 Å². The lowest BCUT2D eigenvalue weighted by atomic mass is 9.99. The first kappa shape index (κ1) is 13.6. The Hall–Kier alpha value is -0.800. The predicted molar refractivity (Wildman–Crippen MR) is 77.2 cm³/mol. The lowest BCUT2D eigenvalue weighted by molar-refractivity contribution is 0.436. The fraction of sp³-hybridized carbons (Fsp3) is 0.643. The van der Waals surface area contributed by atoms with Crippen LogP contribution in [0.4, 0.5) is 5.82 Å². The van der Waals surface area contributed by atoms with E-state index in [1.54, 1.807) is 6.20 Å². The zero-order valence-corrected chi connectivity index (χ0v) is 12.0. The number of hydrogen-bond acceptors (Lipinski definition) is 3. The molecular weight excluding hydrogens is 246 g/mol. The van der Waals surface area contributed by atoms with Crippen LogP contribution in [0.15, 0.2) is 12.3 Å². The Balaban J connectivity index is 2.08. The Morgan fingerprint density at radius 2 is 2.17 bits per heavy atom. The minimum absolute atomic E-state index is 0.755. The second kappa shape index (κ2) is 6.39. The summed E-state index contributed by atoms with van der Waals surface area (Å²) in [6, 6.07) is 2.13. The fourth-order valence-electron chi connectivity index (χ4n) is 2.27. The Morgan fingerprint density at radius 1 is 1.44 bits per heavy atom. The summed E-state index contributed by atoms with van der Waals surface area (Å²) in [4.78, 5) is 6.83. The van der Waals surface area contributed by atoms with Gasteiger partial charge in [-0.2, -0.15) is 0 Å².